The number of nitrogens with zero attached hydrogens (tertiary/aromatic N) is 3. The van der Waals surface area contributed by atoms with E-state index in [1.807, 2.05) is 6.26 Å². The fourth-order valence-electron chi connectivity index (χ4n) is 2.31. The molecule has 0 radical (unpaired) electrons. The van der Waals surface area contributed by atoms with Gasteiger partial charge in [-0.2, -0.15) is 0 Å². The molecule has 29 heavy (non-hydrogen) atoms. The van der Waals surface area contributed by atoms with Crippen LogP contribution in [0.4, 0.5) is 11.5 Å². The minimum absolute atomic E-state index is 0.234. The van der Waals surface area contributed by atoms with Gasteiger partial charge in [0.25, 0.3) is 0 Å². The molecule has 9 heteroatoms. The number of hydrogen-bond donors (Lipinski definition) is 1. The molecule has 148 valence electrons. The van der Waals surface area contributed by atoms with Crippen LogP contribution in [-0.4, -0.2) is 39.8 Å². The van der Waals surface area contributed by atoms with Crippen LogP contribution < -0.4 is 10.1 Å². The Morgan fingerprint density at radius 3 is 2.45 bits per heavy atom. The van der Waals surface area contributed by atoms with Gasteiger partial charge in [0, 0.05) is 24.3 Å². The fraction of sp³-hybridized carbons (Fsp3) is 0.150. The van der Waals surface area contributed by atoms with Gasteiger partial charge >= 0.3 is 11.9 Å². The minimum Gasteiger partial charge on any atom is -0.462 e. The number of pyridine rings is 1. The zero-order valence-electron chi connectivity index (χ0n) is 15.8. The van der Waals surface area contributed by atoms with Crippen LogP contribution in [0, 0.1) is 0 Å². The molecule has 8 nitrogen and oxygen atoms in total. The number of ether oxygens (including phenoxy) is 2. The maximum Gasteiger partial charge on any atom is 0.343 e. The molecule has 0 aliphatic heterocycles. The van der Waals surface area contributed by atoms with Gasteiger partial charge in [0.1, 0.15) is 17.1 Å². The summed E-state index contributed by atoms with van der Waals surface area (Å²) in [5, 5.41) is 3.60. The van der Waals surface area contributed by atoms with Crippen LogP contribution in [0.25, 0.3) is 0 Å². The van der Waals surface area contributed by atoms with Gasteiger partial charge < -0.3 is 14.8 Å². The van der Waals surface area contributed by atoms with Crippen molar-refractivity contribution in [1.29, 1.82) is 0 Å². The first kappa shape index (κ1) is 20.3. The Labute approximate surface area is 171 Å². The van der Waals surface area contributed by atoms with Crippen molar-refractivity contribution in [1.82, 2.24) is 15.0 Å². The molecular formula is C20H18N4O4S. The zero-order chi connectivity index (χ0) is 20.6. The number of esters is 2. The smallest absolute Gasteiger partial charge is 0.343 e. The highest BCUT2D eigenvalue weighted by Crippen LogP contribution is 2.24. The van der Waals surface area contributed by atoms with Crippen LogP contribution in [0.1, 0.15) is 27.6 Å². The Hall–Kier alpha value is -3.46. The SMILES string of the molecule is CCOC(=O)c1cnc(SC)nc1Nc1ccc(OC(=O)c2ccncc2)cc1. The van der Waals surface area contributed by atoms with E-state index in [0.717, 1.165) is 0 Å². The van der Waals surface area contributed by atoms with E-state index in [4.69, 9.17) is 9.47 Å². The van der Waals surface area contributed by atoms with Crippen molar-refractivity contribution in [3.05, 3.63) is 66.1 Å². The molecule has 0 saturated heterocycles. The Balaban J connectivity index is 1.75. The molecule has 0 bridgehead atoms. The van der Waals surface area contributed by atoms with E-state index in [-0.39, 0.29) is 12.2 Å². The first-order chi connectivity index (χ1) is 14.1. The number of rotatable bonds is 7. The van der Waals surface area contributed by atoms with Gasteiger partial charge in [-0.25, -0.2) is 19.6 Å². The summed E-state index contributed by atoms with van der Waals surface area (Å²) in [4.78, 5) is 36.6. The van der Waals surface area contributed by atoms with Crippen LogP contribution in [-0.2, 0) is 4.74 Å². The van der Waals surface area contributed by atoms with Crippen LogP contribution in [0.15, 0.2) is 60.1 Å². The Kier molecular flexibility index (Phi) is 6.75. The number of carbonyl (C=O) groups excluding carboxylic acids is 2. The van der Waals surface area contributed by atoms with Crippen molar-refractivity contribution in [3.8, 4) is 5.75 Å². The van der Waals surface area contributed by atoms with Gasteiger partial charge in [-0.15, -0.1) is 0 Å². The van der Waals surface area contributed by atoms with E-state index in [0.29, 0.717) is 28.0 Å². The third-order valence-corrected chi connectivity index (χ3v) is 4.25. The third kappa shape index (κ3) is 5.29. The molecule has 2 heterocycles. The maximum absolute atomic E-state index is 12.2. The Morgan fingerprint density at radius 2 is 1.79 bits per heavy atom. The Bertz CT molecular complexity index is 997. The summed E-state index contributed by atoms with van der Waals surface area (Å²) < 4.78 is 10.4. The number of thioether (sulfide) groups is 1. The molecule has 2 aromatic heterocycles. The van der Waals surface area contributed by atoms with Crippen molar-refractivity contribution in [2.75, 3.05) is 18.2 Å². The van der Waals surface area contributed by atoms with E-state index >= 15 is 0 Å². The predicted molar refractivity (Wildman–Crippen MR) is 109 cm³/mol. The lowest BCUT2D eigenvalue weighted by atomic mass is 10.2. The summed E-state index contributed by atoms with van der Waals surface area (Å²) in [6.45, 7) is 1.98. The highest BCUT2D eigenvalue weighted by molar-refractivity contribution is 7.98. The second-order valence-corrected chi connectivity index (χ2v) is 6.39. The number of benzene rings is 1. The third-order valence-electron chi connectivity index (χ3n) is 3.69. The van der Waals surface area contributed by atoms with Gasteiger partial charge in [0.2, 0.25) is 0 Å². The van der Waals surface area contributed by atoms with Crippen molar-refractivity contribution in [2.45, 2.75) is 12.1 Å². The summed E-state index contributed by atoms with van der Waals surface area (Å²) in [5.41, 5.74) is 1.30. The molecule has 0 fully saturated rings. The molecule has 3 rings (SSSR count). The summed E-state index contributed by atoms with van der Waals surface area (Å²) in [7, 11) is 0. The standard InChI is InChI=1S/C20H18N4O4S/c1-3-27-19(26)16-12-22-20(29-2)24-17(16)23-14-4-6-15(7-5-14)28-18(25)13-8-10-21-11-9-13/h4-12H,3H2,1-2H3,(H,22,23,24). The highest BCUT2D eigenvalue weighted by atomic mass is 32.2. The summed E-state index contributed by atoms with van der Waals surface area (Å²) >= 11 is 1.36. The molecule has 0 amide bonds. The normalized spacial score (nSPS) is 10.3. The molecule has 0 atom stereocenters. The second-order valence-electron chi connectivity index (χ2n) is 5.61. The molecule has 3 aromatic rings. The van der Waals surface area contributed by atoms with Crippen molar-refractivity contribution in [3.63, 3.8) is 0 Å². The molecule has 0 aliphatic rings. The highest BCUT2D eigenvalue weighted by Gasteiger charge is 2.16. The first-order valence-electron chi connectivity index (χ1n) is 8.68. The molecule has 0 aliphatic carbocycles. The Morgan fingerprint density at radius 1 is 1.07 bits per heavy atom. The van der Waals surface area contributed by atoms with Crippen LogP contribution in [0.3, 0.4) is 0 Å². The van der Waals surface area contributed by atoms with Gasteiger partial charge in [-0.05, 0) is 49.6 Å². The minimum atomic E-state index is -0.509. The molecule has 0 saturated carbocycles. The van der Waals surface area contributed by atoms with Gasteiger partial charge in [-0.3, -0.25) is 4.98 Å². The largest absolute Gasteiger partial charge is 0.462 e. The first-order valence-corrected chi connectivity index (χ1v) is 9.90. The van der Waals surface area contributed by atoms with Crippen LogP contribution in [0.5, 0.6) is 5.75 Å². The average Bonchev–Trinajstić information content (AvgIpc) is 2.75. The van der Waals surface area contributed by atoms with Crippen molar-refractivity contribution < 1.29 is 19.1 Å². The van der Waals surface area contributed by atoms with Crippen LogP contribution >= 0.6 is 11.8 Å². The molecular weight excluding hydrogens is 392 g/mol. The van der Waals surface area contributed by atoms with E-state index in [1.54, 1.807) is 43.3 Å². The molecule has 0 spiro atoms. The summed E-state index contributed by atoms with van der Waals surface area (Å²) in [5.74, 6) is -0.261. The van der Waals surface area contributed by atoms with Crippen molar-refractivity contribution in [2.24, 2.45) is 0 Å². The predicted octanol–water partition coefficient (Wildman–Crippen LogP) is 3.73. The van der Waals surface area contributed by atoms with E-state index in [2.05, 4.69) is 20.3 Å². The number of anilines is 2. The molecule has 0 unspecified atom stereocenters. The topological polar surface area (TPSA) is 103 Å². The number of aromatic nitrogens is 3. The molecule has 1 N–H and O–H groups in total. The van der Waals surface area contributed by atoms with Gasteiger partial charge in [0.05, 0.1) is 12.2 Å². The number of carbonyl (C=O) groups is 2. The summed E-state index contributed by atoms with van der Waals surface area (Å²) in [6, 6.07) is 9.86. The number of nitrogens with one attached hydrogen (secondary N) is 1. The van der Waals surface area contributed by atoms with E-state index < -0.39 is 11.9 Å². The zero-order valence-corrected chi connectivity index (χ0v) is 16.6. The van der Waals surface area contributed by atoms with E-state index in [9.17, 15) is 9.59 Å². The maximum atomic E-state index is 12.2. The second kappa shape index (κ2) is 9.65. The van der Waals surface area contributed by atoms with E-state index in [1.165, 1.54) is 30.4 Å². The summed E-state index contributed by atoms with van der Waals surface area (Å²) in [6.07, 6.45) is 6.32. The average molecular weight is 410 g/mol. The van der Waals surface area contributed by atoms with Gasteiger partial charge in [0.15, 0.2) is 5.16 Å². The van der Waals surface area contributed by atoms with Crippen LogP contribution in [0.2, 0.25) is 0 Å². The van der Waals surface area contributed by atoms with Gasteiger partial charge in [-0.1, -0.05) is 11.8 Å². The fourth-order valence-corrected chi connectivity index (χ4v) is 2.66. The van der Waals surface area contributed by atoms with Crippen molar-refractivity contribution >= 4 is 35.2 Å². The lowest BCUT2D eigenvalue weighted by Crippen LogP contribution is -2.11. The lowest BCUT2D eigenvalue weighted by molar-refractivity contribution is 0.0526. The monoisotopic (exact) mass is 410 g/mol. The number of hydrogen-bond acceptors (Lipinski definition) is 9. The quantitative estimate of drug-likeness (QED) is 0.270. The lowest BCUT2D eigenvalue weighted by Gasteiger charge is -2.11. The molecule has 1 aromatic carbocycles.